The largest absolute Gasteiger partial charge is 0.469 e. The Balaban J connectivity index is 2.42. The Morgan fingerprint density at radius 1 is 1.39 bits per heavy atom. The number of ether oxygens (including phenoxy) is 1. The van der Waals surface area contributed by atoms with Crippen LogP contribution in [0.5, 0.6) is 0 Å². The zero-order chi connectivity index (χ0) is 13.3. The standard InChI is InChI=1S/C12H19NO5/c1-18-11(16)7-6-8(14)9(15)10(13-17)12(7)4-2-3-5-12/h7-9,14-15,17H,2-6H2,1H3/b13-10+/t7-,8-,9+/m1/s1. The molecule has 6 nitrogen and oxygen atoms in total. The molecule has 2 fully saturated rings. The van der Waals surface area contributed by atoms with Crippen LogP contribution in [0, 0.1) is 11.3 Å². The Morgan fingerprint density at radius 2 is 2.00 bits per heavy atom. The van der Waals surface area contributed by atoms with Crippen LogP contribution in [0.2, 0.25) is 0 Å². The Bertz CT molecular complexity index is 361. The number of nitrogens with zero attached hydrogens (tertiary/aromatic N) is 1. The highest BCUT2D eigenvalue weighted by molar-refractivity contribution is 5.98. The first-order valence-corrected chi connectivity index (χ1v) is 6.23. The average Bonchev–Trinajstić information content (AvgIpc) is 2.84. The van der Waals surface area contributed by atoms with E-state index in [-0.39, 0.29) is 12.1 Å². The van der Waals surface area contributed by atoms with Crippen molar-refractivity contribution in [3.8, 4) is 0 Å². The third kappa shape index (κ3) is 1.80. The van der Waals surface area contributed by atoms with Gasteiger partial charge in [-0.05, 0) is 19.3 Å². The minimum Gasteiger partial charge on any atom is -0.469 e. The summed E-state index contributed by atoms with van der Waals surface area (Å²) in [6.45, 7) is 0. The molecule has 102 valence electrons. The lowest BCUT2D eigenvalue weighted by atomic mass is 9.62. The molecule has 0 heterocycles. The zero-order valence-electron chi connectivity index (χ0n) is 10.4. The summed E-state index contributed by atoms with van der Waals surface area (Å²) in [7, 11) is 1.30. The minimum atomic E-state index is -1.20. The van der Waals surface area contributed by atoms with Crippen molar-refractivity contribution < 1.29 is 25.0 Å². The summed E-state index contributed by atoms with van der Waals surface area (Å²) in [6, 6.07) is 0. The van der Waals surface area contributed by atoms with Crippen molar-refractivity contribution in [1.82, 2.24) is 0 Å². The van der Waals surface area contributed by atoms with Gasteiger partial charge in [-0.1, -0.05) is 18.0 Å². The Hall–Kier alpha value is -1.14. The van der Waals surface area contributed by atoms with Gasteiger partial charge in [0.25, 0.3) is 0 Å². The van der Waals surface area contributed by atoms with Crippen molar-refractivity contribution in [2.24, 2.45) is 16.5 Å². The van der Waals surface area contributed by atoms with Crippen molar-refractivity contribution in [2.75, 3.05) is 7.11 Å². The van der Waals surface area contributed by atoms with E-state index in [2.05, 4.69) is 5.16 Å². The molecule has 6 heteroatoms. The number of oxime groups is 1. The highest BCUT2D eigenvalue weighted by Crippen LogP contribution is 2.51. The van der Waals surface area contributed by atoms with Gasteiger partial charge in [-0.2, -0.15) is 0 Å². The maximum atomic E-state index is 11.9. The topological polar surface area (TPSA) is 99.4 Å². The third-order valence-electron chi connectivity index (χ3n) is 4.39. The predicted molar refractivity (Wildman–Crippen MR) is 62.3 cm³/mol. The number of esters is 1. The van der Waals surface area contributed by atoms with Crippen molar-refractivity contribution >= 4 is 11.7 Å². The molecule has 3 atom stereocenters. The second-order valence-corrected chi connectivity index (χ2v) is 5.17. The summed E-state index contributed by atoms with van der Waals surface area (Å²) < 4.78 is 4.78. The number of rotatable bonds is 1. The molecule has 0 aromatic carbocycles. The molecule has 0 aliphatic heterocycles. The van der Waals surface area contributed by atoms with Crippen LogP contribution < -0.4 is 0 Å². The Kier molecular flexibility index (Phi) is 3.59. The molecule has 0 bridgehead atoms. The van der Waals surface area contributed by atoms with E-state index in [1.165, 1.54) is 7.11 Å². The predicted octanol–water partition coefficient (Wildman–Crippen LogP) is 0.292. The van der Waals surface area contributed by atoms with E-state index in [0.717, 1.165) is 12.8 Å². The van der Waals surface area contributed by atoms with Crippen LogP contribution in [0.15, 0.2) is 5.16 Å². The number of aliphatic hydroxyl groups excluding tert-OH is 2. The van der Waals surface area contributed by atoms with Gasteiger partial charge in [0.15, 0.2) is 0 Å². The highest BCUT2D eigenvalue weighted by Gasteiger charge is 2.56. The molecule has 2 aliphatic rings. The summed E-state index contributed by atoms with van der Waals surface area (Å²) in [6.07, 6.45) is 1.03. The first-order valence-electron chi connectivity index (χ1n) is 6.23. The van der Waals surface area contributed by atoms with Crippen LogP contribution >= 0.6 is 0 Å². The summed E-state index contributed by atoms with van der Waals surface area (Å²) >= 11 is 0. The third-order valence-corrected chi connectivity index (χ3v) is 4.39. The summed E-state index contributed by atoms with van der Waals surface area (Å²) in [4.78, 5) is 11.9. The number of methoxy groups -OCH3 is 1. The molecule has 1 spiro atoms. The van der Waals surface area contributed by atoms with Crippen molar-refractivity contribution in [1.29, 1.82) is 0 Å². The lowest BCUT2D eigenvalue weighted by Crippen LogP contribution is -2.56. The number of hydrogen-bond acceptors (Lipinski definition) is 6. The smallest absolute Gasteiger partial charge is 0.309 e. The fourth-order valence-electron chi connectivity index (χ4n) is 3.48. The van der Waals surface area contributed by atoms with Gasteiger partial charge in [-0.3, -0.25) is 4.79 Å². The van der Waals surface area contributed by atoms with Crippen LogP contribution in [0.4, 0.5) is 0 Å². The van der Waals surface area contributed by atoms with Crippen LogP contribution in [-0.2, 0) is 9.53 Å². The first-order chi connectivity index (χ1) is 8.56. The molecule has 18 heavy (non-hydrogen) atoms. The molecule has 0 amide bonds. The maximum Gasteiger partial charge on any atom is 0.309 e. The molecule has 2 saturated carbocycles. The van der Waals surface area contributed by atoms with Gasteiger partial charge in [-0.15, -0.1) is 0 Å². The van der Waals surface area contributed by atoms with Crippen LogP contribution in [-0.4, -0.2) is 46.4 Å². The lowest BCUT2D eigenvalue weighted by molar-refractivity contribution is -0.152. The van der Waals surface area contributed by atoms with Crippen molar-refractivity contribution in [3.63, 3.8) is 0 Å². The van der Waals surface area contributed by atoms with Gasteiger partial charge in [0.2, 0.25) is 0 Å². The monoisotopic (exact) mass is 257 g/mol. The molecular weight excluding hydrogens is 238 g/mol. The van der Waals surface area contributed by atoms with Crippen LogP contribution in [0.3, 0.4) is 0 Å². The van der Waals surface area contributed by atoms with E-state index < -0.39 is 29.5 Å². The van der Waals surface area contributed by atoms with Gasteiger partial charge in [0, 0.05) is 5.41 Å². The molecular formula is C12H19NO5. The number of carbonyl (C=O) groups is 1. The molecule has 2 rings (SSSR count). The maximum absolute atomic E-state index is 11.9. The second kappa shape index (κ2) is 4.85. The van der Waals surface area contributed by atoms with E-state index in [4.69, 9.17) is 9.94 Å². The normalized spacial score (nSPS) is 37.1. The number of carbonyl (C=O) groups excluding carboxylic acids is 1. The Morgan fingerprint density at radius 3 is 2.50 bits per heavy atom. The molecule has 0 unspecified atom stereocenters. The van der Waals surface area contributed by atoms with Gasteiger partial charge in [0.05, 0.1) is 24.8 Å². The molecule has 2 aliphatic carbocycles. The zero-order valence-corrected chi connectivity index (χ0v) is 10.4. The van der Waals surface area contributed by atoms with Gasteiger partial charge in [0.1, 0.15) is 6.10 Å². The van der Waals surface area contributed by atoms with Gasteiger partial charge in [-0.25, -0.2) is 0 Å². The van der Waals surface area contributed by atoms with Gasteiger partial charge >= 0.3 is 5.97 Å². The molecule has 0 saturated heterocycles. The van der Waals surface area contributed by atoms with Crippen LogP contribution in [0.1, 0.15) is 32.1 Å². The quantitative estimate of drug-likeness (QED) is 0.356. The molecule has 0 aromatic rings. The summed E-state index contributed by atoms with van der Waals surface area (Å²) in [5.74, 6) is -0.960. The van der Waals surface area contributed by atoms with E-state index in [1.54, 1.807) is 0 Å². The van der Waals surface area contributed by atoms with E-state index in [1.807, 2.05) is 0 Å². The molecule has 0 aromatic heterocycles. The fraction of sp³-hybridized carbons (Fsp3) is 0.833. The van der Waals surface area contributed by atoms with Crippen LogP contribution in [0.25, 0.3) is 0 Å². The number of hydrogen-bond donors (Lipinski definition) is 3. The van der Waals surface area contributed by atoms with Crippen molar-refractivity contribution in [3.05, 3.63) is 0 Å². The second-order valence-electron chi connectivity index (χ2n) is 5.17. The summed E-state index contributed by atoms with van der Waals surface area (Å²) in [5, 5.41) is 32.1. The fourth-order valence-corrected chi connectivity index (χ4v) is 3.48. The highest BCUT2D eigenvalue weighted by atomic mass is 16.5. The van der Waals surface area contributed by atoms with Crippen molar-refractivity contribution in [2.45, 2.75) is 44.3 Å². The Labute approximate surface area is 105 Å². The number of aliphatic hydroxyl groups is 2. The van der Waals surface area contributed by atoms with E-state index >= 15 is 0 Å². The van der Waals surface area contributed by atoms with E-state index in [0.29, 0.717) is 12.8 Å². The van der Waals surface area contributed by atoms with E-state index in [9.17, 15) is 15.0 Å². The molecule has 3 N–H and O–H groups in total. The first kappa shape index (κ1) is 13.3. The lowest BCUT2D eigenvalue weighted by Gasteiger charge is -2.44. The van der Waals surface area contributed by atoms with Gasteiger partial charge < -0.3 is 20.2 Å². The minimum absolute atomic E-state index is 0.133. The average molecular weight is 257 g/mol. The SMILES string of the molecule is COC(=O)[C@H]1C[C@@H](O)[C@H](O)/C(=N\O)C12CCCC2. The molecule has 0 radical (unpaired) electrons. The summed E-state index contributed by atoms with van der Waals surface area (Å²) in [5.41, 5.74) is -0.519.